The first kappa shape index (κ1) is 17.0. The molecule has 1 amide bonds. The average Bonchev–Trinajstić information content (AvgIpc) is 2.62. The number of rotatable bonds is 4. The van der Waals surface area contributed by atoms with E-state index in [0.717, 1.165) is 10.9 Å². The Labute approximate surface area is 150 Å². The van der Waals surface area contributed by atoms with Crippen LogP contribution in [0.3, 0.4) is 0 Å². The van der Waals surface area contributed by atoms with Crippen molar-refractivity contribution in [2.75, 3.05) is 19.5 Å². The van der Waals surface area contributed by atoms with Crippen molar-refractivity contribution in [2.24, 2.45) is 0 Å². The van der Waals surface area contributed by atoms with Crippen LogP contribution in [0.25, 0.3) is 10.9 Å². The molecule has 3 rings (SSSR count). The van der Waals surface area contributed by atoms with Crippen LogP contribution in [0, 0.1) is 6.92 Å². The van der Waals surface area contributed by atoms with E-state index in [1.807, 2.05) is 19.1 Å². The van der Waals surface area contributed by atoms with Gasteiger partial charge in [0.2, 0.25) is 0 Å². The van der Waals surface area contributed by atoms with Gasteiger partial charge in [-0.2, -0.15) is 0 Å². The molecular formula is C19H17ClN2O3. The number of pyridine rings is 1. The fourth-order valence-corrected chi connectivity index (χ4v) is 2.86. The molecule has 0 spiro atoms. The normalized spacial score (nSPS) is 10.6. The summed E-state index contributed by atoms with van der Waals surface area (Å²) in [7, 11) is 3.12. The smallest absolute Gasteiger partial charge is 0.257 e. The van der Waals surface area contributed by atoms with Gasteiger partial charge in [-0.3, -0.25) is 9.78 Å². The van der Waals surface area contributed by atoms with Crippen molar-refractivity contribution < 1.29 is 14.3 Å². The number of carbonyl (C=O) groups is 1. The summed E-state index contributed by atoms with van der Waals surface area (Å²) in [5.74, 6) is 0.854. The fourth-order valence-electron chi connectivity index (χ4n) is 2.63. The van der Waals surface area contributed by atoms with Crippen LogP contribution in [0.2, 0.25) is 5.02 Å². The number of methoxy groups -OCH3 is 2. The number of carbonyl (C=O) groups excluding carboxylic acids is 1. The maximum atomic E-state index is 12.8. The van der Waals surface area contributed by atoms with E-state index in [-0.39, 0.29) is 5.91 Å². The van der Waals surface area contributed by atoms with Crippen LogP contribution in [-0.4, -0.2) is 25.1 Å². The van der Waals surface area contributed by atoms with E-state index in [2.05, 4.69) is 10.3 Å². The quantitative estimate of drug-likeness (QED) is 0.749. The SMILES string of the molecule is COc1cc(C)c(NC(=O)c2cc(Cl)cc3cccnc23)cc1OC. The lowest BCUT2D eigenvalue weighted by Gasteiger charge is -2.14. The molecule has 1 aromatic heterocycles. The summed E-state index contributed by atoms with van der Waals surface area (Å²) in [5.41, 5.74) is 2.50. The van der Waals surface area contributed by atoms with Crippen LogP contribution < -0.4 is 14.8 Å². The van der Waals surface area contributed by atoms with E-state index in [9.17, 15) is 4.79 Å². The zero-order chi connectivity index (χ0) is 18.0. The molecule has 0 fully saturated rings. The number of hydrogen-bond donors (Lipinski definition) is 1. The highest BCUT2D eigenvalue weighted by Crippen LogP contribution is 2.33. The first-order valence-electron chi connectivity index (χ1n) is 7.61. The van der Waals surface area contributed by atoms with Crippen molar-refractivity contribution in [3.8, 4) is 11.5 Å². The van der Waals surface area contributed by atoms with Gasteiger partial charge in [0.15, 0.2) is 11.5 Å². The third-order valence-corrected chi connectivity index (χ3v) is 4.11. The number of nitrogens with one attached hydrogen (secondary N) is 1. The van der Waals surface area contributed by atoms with E-state index in [4.69, 9.17) is 21.1 Å². The van der Waals surface area contributed by atoms with Crippen LogP contribution in [0.5, 0.6) is 11.5 Å². The topological polar surface area (TPSA) is 60.5 Å². The van der Waals surface area contributed by atoms with Gasteiger partial charge in [0.05, 0.1) is 25.3 Å². The van der Waals surface area contributed by atoms with Crippen LogP contribution >= 0.6 is 11.6 Å². The Morgan fingerprint density at radius 2 is 1.84 bits per heavy atom. The number of aryl methyl sites for hydroxylation is 1. The summed E-state index contributed by atoms with van der Waals surface area (Å²) in [6, 6.07) is 10.6. The number of fused-ring (bicyclic) bond motifs is 1. The Kier molecular flexibility index (Phi) is 4.76. The molecule has 1 heterocycles. The number of hydrogen-bond acceptors (Lipinski definition) is 4. The summed E-state index contributed by atoms with van der Waals surface area (Å²) in [6.45, 7) is 1.88. The van der Waals surface area contributed by atoms with Gasteiger partial charge >= 0.3 is 0 Å². The lowest BCUT2D eigenvalue weighted by molar-refractivity contribution is 0.102. The summed E-state index contributed by atoms with van der Waals surface area (Å²) in [5, 5.41) is 4.19. The Bertz CT molecular complexity index is 957. The minimum Gasteiger partial charge on any atom is -0.493 e. The van der Waals surface area contributed by atoms with Gasteiger partial charge in [-0.1, -0.05) is 17.7 Å². The number of amides is 1. The van der Waals surface area contributed by atoms with E-state index < -0.39 is 0 Å². The lowest BCUT2D eigenvalue weighted by atomic mass is 10.1. The Hall–Kier alpha value is -2.79. The number of benzene rings is 2. The molecule has 0 aliphatic carbocycles. The first-order valence-corrected chi connectivity index (χ1v) is 7.99. The molecule has 0 aliphatic heterocycles. The second-order valence-corrected chi connectivity index (χ2v) is 5.94. The summed E-state index contributed by atoms with van der Waals surface area (Å²) >= 11 is 6.15. The van der Waals surface area contributed by atoms with Crippen molar-refractivity contribution >= 4 is 34.1 Å². The number of ether oxygens (including phenoxy) is 2. The van der Waals surface area contributed by atoms with Gasteiger partial charge in [-0.05, 0) is 36.8 Å². The van der Waals surface area contributed by atoms with Crippen molar-refractivity contribution in [1.82, 2.24) is 4.98 Å². The fraction of sp³-hybridized carbons (Fsp3) is 0.158. The van der Waals surface area contributed by atoms with Crippen LogP contribution in [-0.2, 0) is 0 Å². The summed E-state index contributed by atoms with van der Waals surface area (Å²) < 4.78 is 10.6. The second kappa shape index (κ2) is 6.99. The molecule has 6 heteroatoms. The highest BCUT2D eigenvalue weighted by atomic mass is 35.5. The van der Waals surface area contributed by atoms with E-state index >= 15 is 0 Å². The zero-order valence-electron chi connectivity index (χ0n) is 14.1. The molecule has 128 valence electrons. The molecular weight excluding hydrogens is 340 g/mol. The van der Waals surface area contributed by atoms with Gasteiger partial charge in [0, 0.05) is 28.4 Å². The molecule has 0 atom stereocenters. The Morgan fingerprint density at radius 3 is 2.56 bits per heavy atom. The van der Waals surface area contributed by atoms with Crippen LogP contribution in [0.1, 0.15) is 15.9 Å². The largest absolute Gasteiger partial charge is 0.493 e. The lowest BCUT2D eigenvalue weighted by Crippen LogP contribution is -2.14. The van der Waals surface area contributed by atoms with Crippen LogP contribution in [0.15, 0.2) is 42.6 Å². The summed E-state index contributed by atoms with van der Waals surface area (Å²) in [6.07, 6.45) is 1.65. The van der Waals surface area contributed by atoms with E-state index in [0.29, 0.717) is 33.3 Å². The molecule has 5 nitrogen and oxygen atoms in total. The zero-order valence-corrected chi connectivity index (χ0v) is 14.8. The molecule has 0 saturated heterocycles. The highest BCUT2D eigenvalue weighted by Gasteiger charge is 2.16. The van der Waals surface area contributed by atoms with Gasteiger partial charge in [-0.25, -0.2) is 0 Å². The molecule has 0 aliphatic rings. The van der Waals surface area contributed by atoms with Crippen LogP contribution in [0.4, 0.5) is 5.69 Å². The summed E-state index contributed by atoms with van der Waals surface area (Å²) in [4.78, 5) is 17.1. The molecule has 1 N–H and O–H groups in total. The van der Waals surface area contributed by atoms with Gasteiger partial charge in [0.1, 0.15) is 0 Å². The molecule has 0 bridgehead atoms. The van der Waals surface area contributed by atoms with E-state index in [1.54, 1.807) is 44.7 Å². The third-order valence-electron chi connectivity index (χ3n) is 3.89. The van der Waals surface area contributed by atoms with Gasteiger partial charge < -0.3 is 14.8 Å². The van der Waals surface area contributed by atoms with Crippen molar-refractivity contribution in [1.29, 1.82) is 0 Å². The Balaban J connectivity index is 2.01. The maximum absolute atomic E-state index is 12.8. The molecule has 0 radical (unpaired) electrons. The number of halogens is 1. The monoisotopic (exact) mass is 356 g/mol. The molecule has 2 aromatic carbocycles. The number of nitrogens with zero attached hydrogens (tertiary/aromatic N) is 1. The Morgan fingerprint density at radius 1 is 1.12 bits per heavy atom. The van der Waals surface area contributed by atoms with Crippen molar-refractivity contribution in [2.45, 2.75) is 6.92 Å². The third kappa shape index (κ3) is 3.37. The number of aromatic nitrogens is 1. The molecule has 25 heavy (non-hydrogen) atoms. The van der Waals surface area contributed by atoms with Gasteiger partial charge in [-0.15, -0.1) is 0 Å². The van der Waals surface area contributed by atoms with Crippen molar-refractivity contribution in [3.63, 3.8) is 0 Å². The van der Waals surface area contributed by atoms with E-state index in [1.165, 1.54) is 0 Å². The number of anilines is 1. The highest BCUT2D eigenvalue weighted by molar-refractivity contribution is 6.32. The first-order chi connectivity index (χ1) is 12.0. The average molecular weight is 357 g/mol. The predicted molar refractivity (Wildman–Crippen MR) is 99.0 cm³/mol. The standard InChI is InChI=1S/C19H17ClN2O3/c1-11-7-16(24-2)17(25-3)10-15(11)22-19(23)14-9-13(20)8-12-5-4-6-21-18(12)14/h4-10H,1-3H3,(H,22,23). The molecule has 0 unspecified atom stereocenters. The minimum atomic E-state index is -0.290. The molecule has 3 aromatic rings. The molecule has 0 saturated carbocycles. The van der Waals surface area contributed by atoms with Crippen molar-refractivity contribution in [3.05, 3.63) is 58.7 Å². The minimum absolute atomic E-state index is 0.290. The maximum Gasteiger partial charge on any atom is 0.257 e. The van der Waals surface area contributed by atoms with Gasteiger partial charge in [0.25, 0.3) is 5.91 Å². The second-order valence-electron chi connectivity index (χ2n) is 5.50. The predicted octanol–water partition coefficient (Wildman–Crippen LogP) is 4.47.